The van der Waals surface area contributed by atoms with E-state index in [4.69, 9.17) is 4.74 Å². The number of aromatic hydroxyl groups is 1. The minimum absolute atomic E-state index is 0.0467. The first-order valence-corrected chi connectivity index (χ1v) is 8.16. The molecule has 0 spiro atoms. The molecule has 0 saturated carbocycles. The van der Waals surface area contributed by atoms with Crippen molar-refractivity contribution in [2.24, 2.45) is 5.10 Å². The van der Waals surface area contributed by atoms with Crippen molar-refractivity contribution in [3.8, 4) is 11.5 Å². The van der Waals surface area contributed by atoms with Gasteiger partial charge in [0, 0.05) is 11.3 Å². The largest absolute Gasteiger partial charge is 0.502 e. The summed E-state index contributed by atoms with van der Waals surface area (Å²) in [5.74, 6) is -0.757. The zero-order chi connectivity index (χ0) is 19.8. The molecule has 27 heavy (non-hydrogen) atoms. The summed E-state index contributed by atoms with van der Waals surface area (Å²) in [7, 11) is 1.35. The van der Waals surface area contributed by atoms with E-state index in [0.717, 1.165) is 18.0 Å². The Balaban J connectivity index is 2.10. The van der Waals surface area contributed by atoms with Crippen LogP contribution in [0, 0.1) is 10.1 Å². The number of nitrogens with one attached hydrogen (secondary N) is 2. The zero-order valence-corrected chi connectivity index (χ0v) is 14.9. The van der Waals surface area contributed by atoms with Crippen molar-refractivity contribution in [3.63, 3.8) is 0 Å². The molecule has 9 nitrogen and oxygen atoms in total. The van der Waals surface area contributed by atoms with Gasteiger partial charge in [-0.25, -0.2) is 5.43 Å². The van der Waals surface area contributed by atoms with Crippen LogP contribution in [0.25, 0.3) is 0 Å². The molecule has 0 fully saturated rings. The van der Waals surface area contributed by atoms with Gasteiger partial charge in [0.1, 0.15) is 11.8 Å². The summed E-state index contributed by atoms with van der Waals surface area (Å²) < 4.78 is 4.98. The number of methoxy groups -OCH3 is 1. The van der Waals surface area contributed by atoms with Crippen LogP contribution in [0.15, 0.2) is 47.6 Å². The van der Waals surface area contributed by atoms with Gasteiger partial charge in [-0.2, -0.15) is 5.10 Å². The summed E-state index contributed by atoms with van der Waals surface area (Å²) in [5.41, 5.74) is 2.69. The lowest BCUT2D eigenvalue weighted by Gasteiger charge is -2.16. The monoisotopic (exact) mass is 372 g/mol. The lowest BCUT2D eigenvalue weighted by atomic mass is 10.1. The molecule has 0 unspecified atom stereocenters. The Morgan fingerprint density at radius 2 is 2.07 bits per heavy atom. The highest BCUT2D eigenvalue weighted by Gasteiger charge is 2.19. The van der Waals surface area contributed by atoms with Gasteiger partial charge in [-0.15, -0.1) is 0 Å². The summed E-state index contributed by atoms with van der Waals surface area (Å²) in [4.78, 5) is 22.5. The highest BCUT2D eigenvalue weighted by molar-refractivity contribution is 5.89. The minimum atomic E-state index is -0.731. The fraction of sp³-hybridized carbons (Fsp3) is 0.222. The predicted molar refractivity (Wildman–Crippen MR) is 101 cm³/mol. The van der Waals surface area contributed by atoms with Gasteiger partial charge in [0.2, 0.25) is 5.75 Å². The number of nitrogens with zero attached hydrogens (tertiary/aromatic N) is 2. The molecular weight excluding hydrogens is 352 g/mol. The number of para-hydroxylation sites is 1. The molecule has 0 aliphatic carbocycles. The van der Waals surface area contributed by atoms with E-state index >= 15 is 0 Å². The number of carbonyl (C=O) groups is 1. The zero-order valence-electron chi connectivity index (χ0n) is 14.9. The molecule has 9 heteroatoms. The number of ether oxygens (including phenoxy) is 1. The van der Waals surface area contributed by atoms with Gasteiger partial charge in [-0.3, -0.25) is 14.9 Å². The van der Waals surface area contributed by atoms with Gasteiger partial charge in [-0.1, -0.05) is 25.1 Å². The summed E-state index contributed by atoms with van der Waals surface area (Å²) >= 11 is 0. The van der Waals surface area contributed by atoms with E-state index < -0.39 is 22.4 Å². The Kier molecular flexibility index (Phi) is 6.70. The van der Waals surface area contributed by atoms with E-state index in [1.54, 1.807) is 0 Å². The Bertz CT molecular complexity index is 839. The average molecular weight is 372 g/mol. The van der Waals surface area contributed by atoms with Gasteiger partial charge < -0.3 is 15.2 Å². The maximum atomic E-state index is 12.3. The molecule has 0 heterocycles. The Hall–Kier alpha value is -3.62. The van der Waals surface area contributed by atoms with Crippen molar-refractivity contribution >= 4 is 23.5 Å². The van der Waals surface area contributed by atoms with E-state index in [1.807, 2.05) is 37.3 Å². The molecule has 2 aromatic carbocycles. The molecule has 0 aromatic heterocycles. The van der Waals surface area contributed by atoms with Crippen LogP contribution in [-0.2, 0) is 4.79 Å². The number of hydrogen-bond donors (Lipinski definition) is 3. The van der Waals surface area contributed by atoms with Crippen molar-refractivity contribution in [3.05, 3.63) is 58.1 Å². The summed E-state index contributed by atoms with van der Waals surface area (Å²) in [6.07, 6.45) is 1.64. The number of hydrogen-bond acceptors (Lipinski definition) is 7. The van der Waals surface area contributed by atoms with Gasteiger partial charge in [0.25, 0.3) is 5.91 Å². The molecule has 0 aliphatic heterocycles. The first-order chi connectivity index (χ1) is 13.0. The number of hydrazone groups is 1. The number of anilines is 1. The third-order valence-corrected chi connectivity index (χ3v) is 3.74. The van der Waals surface area contributed by atoms with E-state index in [9.17, 15) is 20.0 Å². The Labute approximate surface area is 155 Å². The molecule has 3 N–H and O–H groups in total. The molecule has 0 radical (unpaired) electrons. The first kappa shape index (κ1) is 19.7. The standard InChI is InChI=1S/C18H20N4O5/c1-3-15(20-13-7-5-4-6-8-13)18(24)21-19-11-12-9-14(27-2)10-16(17(12)23)22(25)26/h4-11,15,20,23H,3H2,1-2H3,(H,21,24)/b19-11-/t15-/m1/s1. The molecule has 142 valence electrons. The second kappa shape index (κ2) is 9.18. The minimum Gasteiger partial charge on any atom is -0.502 e. The van der Waals surface area contributed by atoms with Gasteiger partial charge in [-0.05, 0) is 24.6 Å². The number of carbonyl (C=O) groups excluding carboxylic acids is 1. The van der Waals surface area contributed by atoms with Crippen molar-refractivity contribution < 1.29 is 19.6 Å². The molecule has 2 aromatic rings. The quantitative estimate of drug-likeness (QED) is 0.371. The fourth-order valence-corrected chi connectivity index (χ4v) is 2.30. The smallest absolute Gasteiger partial charge is 0.315 e. The van der Waals surface area contributed by atoms with Crippen molar-refractivity contribution in [1.29, 1.82) is 0 Å². The Morgan fingerprint density at radius 3 is 2.67 bits per heavy atom. The van der Waals surface area contributed by atoms with Gasteiger partial charge in [0.05, 0.1) is 24.3 Å². The number of phenols is 1. The normalized spacial score (nSPS) is 11.8. The number of benzene rings is 2. The van der Waals surface area contributed by atoms with Crippen molar-refractivity contribution in [2.75, 3.05) is 12.4 Å². The van der Waals surface area contributed by atoms with E-state index in [0.29, 0.717) is 6.42 Å². The van der Waals surface area contributed by atoms with Gasteiger partial charge >= 0.3 is 5.69 Å². The van der Waals surface area contributed by atoms with E-state index in [1.165, 1.54) is 13.2 Å². The lowest BCUT2D eigenvalue weighted by molar-refractivity contribution is -0.385. The van der Waals surface area contributed by atoms with Crippen LogP contribution in [0.2, 0.25) is 0 Å². The highest BCUT2D eigenvalue weighted by Crippen LogP contribution is 2.33. The van der Waals surface area contributed by atoms with Gasteiger partial charge in [0.15, 0.2) is 0 Å². The first-order valence-electron chi connectivity index (χ1n) is 8.16. The summed E-state index contributed by atoms with van der Waals surface area (Å²) in [6.45, 7) is 1.85. The molecule has 0 bridgehead atoms. The second-order valence-electron chi connectivity index (χ2n) is 5.55. The summed E-state index contributed by atoms with van der Waals surface area (Å²) in [5, 5.41) is 27.8. The molecule has 0 saturated heterocycles. The SMILES string of the molecule is CC[C@@H](Nc1ccccc1)C(=O)N/N=C\c1cc(OC)cc([N+](=O)[O-])c1O. The third-order valence-electron chi connectivity index (χ3n) is 3.74. The number of amides is 1. The second-order valence-corrected chi connectivity index (χ2v) is 5.55. The van der Waals surface area contributed by atoms with Crippen LogP contribution in [0.4, 0.5) is 11.4 Å². The lowest BCUT2D eigenvalue weighted by Crippen LogP contribution is -2.36. The van der Waals surface area contributed by atoms with Crippen LogP contribution >= 0.6 is 0 Å². The van der Waals surface area contributed by atoms with Crippen LogP contribution in [0.3, 0.4) is 0 Å². The maximum absolute atomic E-state index is 12.3. The van der Waals surface area contributed by atoms with Crippen LogP contribution < -0.4 is 15.5 Å². The fourth-order valence-electron chi connectivity index (χ4n) is 2.30. The van der Waals surface area contributed by atoms with E-state index in [-0.39, 0.29) is 17.2 Å². The molecule has 2 rings (SSSR count). The number of nitro benzene ring substituents is 1. The van der Waals surface area contributed by atoms with Crippen molar-refractivity contribution in [2.45, 2.75) is 19.4 Å². The average Bonchev–Trinajstić information content (AvgIpc) is 2.67. The topological polar surface area (TPSA) is 126 Å². The third kappa shape index (κ3) is 5.18. The molecule has 0 aliphatic rings. The van der Waals surface area contributed by atoms with Crippen LogP contribution in [-0.4, -0.2) is 35.3 Å². The highest BCUT2D eigenvalue weighted by atomic mass is 16.6. The molecule has 1 atom stereocenters. The number of phenolic OH excluding ortho intramolecular Hbond substituents is 1. The molecular formula is C18H20N4O5. The maximum Gasteiger partial charge on any atom is 0.315 e. The van der Waals surface area contributed by atoms with Crippen molar-refractivity contribution in [1.82, 2.24) is 5.43 Å². The predicted octanol–water partition coefficient (Wildman–Crippen LogP) is 2.65. The number of nitro groups is 1. The van der Waals surface area contributed by atoms with Crippen LogP contribution in [0.5, 0.6) is 11.5 Å². The number of rotatable bonds is 8. The molecule has 1 amide bonds. The van der Waals surface area contributed by atoms with E-state index in [2.05, 4.69) is 15.8 Å². The van der Waals surface area contributed by atoms with Crippen LogP contribution in [0.1, 0.15) is 18.9 Å². The Morgan fingerprint density at radius 1 is 1.37 bits per heavy atom. The summed E-state index contributed by atoms with van der Waals surface area (Å²) in [6, 6.07) is 11.2.